The second-order valence-electron chi connectivity index (χ2n) is 5.65. The third-order valence-corrected chi connectivity index (χ3v) is 5.14. The Kier molecular flexibility index (Phi) is 7.36. The van der Waals surface area contributed by atoms with Gasteiger partial charge < -0.3 is 10.2 Å². The van der Waals surface area contributed by atoms with Gasteiger partial charge in [-0.05, 0) is 29.9 Å². The maximum absolute atomic E-state index is 4.45. The van der Waals surface area contributed by atoms with Crippen LogP contribution in [0.4, 0.5) is 0 Å². The van der Waals surface area contributed by atoms with Gasteiger partial charge in [0.05, 0.1) is 0 Å². The number of guanidine groups is 1. The molecule has 5 heteroatoms. The minimum absolute atomic E-state index is 0. The third-order valence-electron chi connectivity index (χ3n) is 4.21. The summed E-state index contributed by atoms with van der Waals surface area (Å²) in [5.74, 6) is 1.66. The molecule has 3 nitrogen and oxygen atoms in total. The number of nitrogens with zero attached hydrogens (tertiary/aromatic N) is 2. The van der Waals surface area contributed by atoms with Crippen LogP contribution in [0.15, 0.2) is 52.8 Å². The van der Waals surface area contributed by atoms with E-state index in [1.807, 2.05) is 18.4 Å². The van der Waals surface area contributed by atoms with Crippen molar-refractivity contribution < 1.29 is 0 Å². The Hall–Kier alpha value is -1.08. The van der Waals surface area contributed by atoms with Gasteiger partial charge in [0, 0.05) is 37.5 Å². The maximum Gasteiger partial charge on any atom is 0.193 e. The first-order chi connectivity index (χ1) is 10.9. The van der Waals surface area contributed by atoms with Crippen molar-refractivity contribution >= 4 is 41.3 Å². The van der Waals surface area contributed by atoms with Gasteiger partial charge in [0.1, 0.15) is 0 Å². The van der Waals surface area contributed by atoms with Crippen LogP contribution in [-0.2, 0) is 6.42 Å². The number of rotatable bonds is 4. The molecule has 1 aromatic heterocycles. The normalized spacial score (nSPS) is 17.9. The van der Waals surface area contributed by atoms with E-state index in [0.29, 0.717) is 5.92 Å². The average Bonchev–Trinajstić information content (AvgIpc) is 3.24. The number of halogens is 1. The largest absolute Gasteiger partial charge is 0.356 e. The summed E-state index contributed by atoms with van der Waals surface area (Å²) >= 11 is 1.82. The lowest BCUT2D eigenvalue weighted by Crippen LogP contribution is -2.40. The molecule has 0 radical (unpaired) electrons. The van der Waals surface area contributed by atoms with Crippen LogP contribution >= 0.6 is 35.3 Å². The van der Waals surface area contributed by atoms with E-state index >= 15 is 0 Å². The molecule has 1 aliphatic heterocycles. The number of hydrogen-bond acceptors (Lipinski definition) is 2. The van der Waals surface area contributed by atoms with E-state index in [2.05, 4.69) is 63.1 Å². The summed E-state index contributed by atoms with van der Waals surface area (Å²) in [6, 6.07) is 15.1. The summed E-state index contributed by atoms with van der Waals surface area (Å²) in [4.78, 5) is 8.26. The van der Waals surface area contributed by atoms with Crippen molar-refractivity contribution in [1.29, 1.82) is 0 Å². The molecule has 124 valence electrons. The number of likely N-dealkylation sites (tertiary alicyclic amines) is 1. The highest BCUT2D eigenvalue weighted by molar-refractivity contribution is 14.0. The molecule has 0 spiro atoms. The van der Waals surface area contributed by atoms with E-state index in [9.17, 15) is 0 Å². The van der Waals surface area contributed by atoms with Gasteiger partial charge in [0.25, 0.3) is 0 Å². The van der Waals surface area contributed by atoms with Crippen molar-refractivity contribution in [2.24, 2.45) is 4.99 Å². The standard InChI is InChI=1S/C18H23N3S.HI/c1-19-18(20-11-9-17-8-5-13-22-17)21-12-10-16(14-21)15-6-3-2-4-7-15;/h2-8,13,16H,9-12,14H2,1H3,(H,19,20);1H. The van der Waals surface area contributed by atoms with E-state index in [4.69, 9.17) is 0 Å². The molecule has 1 atom stereocenters. The van der Waals surface area contributed by atoms with E-state index in [1.54, 1.807) is 0 Å². The first-order valence-corrected chi connectivity index (χ1v) is 8.77. The molecule has 0 bridgehead atoms. The Morgan fingerprint density at radius 3 is 2.78 bits per heavy atom. The van der Waals surface area contributed by atoms with Crippen molar-refractivity contribution in [1.82, 2.24) is 10.2 Å². The van der Waals surface area contributed by atoms with E-state index in [0.717, 1.165) is 32.0 Å². The topological polar surface area (TPSA) is 27.6 Å². The molecule has 1 N–H and O–H groups in total. The van der Waals surface area contributed by atoms with Gasteiger partial charge in [-0.3, -0.25) is 4.99 Å². The Balaban J connectivity index is 0.00000192. The van der Waals surface area contributed by atoms with Gasteiger partial charge in [-0.15, -0.1) is 35.3 Å². The first kappa shape index (κ1) is 18.3. The number of aliphatic imine (C=N–C) groups is 1. The molecule has 0 amide bonds. The van der Waals surface area contributed by atoms with Gasteiger partial charge in [0.2, 0.25) is 0 Å². The highest BCUT2D eigenvalue weighted by Gasteiger charge is 2.25. The Bertz CT molecular complexity index is 598. The minimum Gasteiger partial charge on any atom is -0.356 e. The van der Waals surface area contributed by atoms with Gasteiger partial charge in [0.15, 0.2) is 5.96 Å². The molecule has 0 saturated carbocycles. The Morgan fingerprint density at radius 1 is 1.26 bits per heavy atom. The predicted octanol–water partition coefficient (Wildman–Crippen LogP) is 3.97. The summed E-state index contributed by atoms with van der Waals surface area (Å²) in [5, 5.41) is 5.64. The molecule has 1 aromatic carbocycles. The van der Waals surface area contributed by atoms with Crippen molar-refractivity contribution in [2.75, 3.05) is 26.7 Å². The van der Waals surface area contributed by atoms with Crippen LogP contribution in [0.25, 0.3) is 0 Å². The molecule has 3 rings (SSSR count). The number of thiophene rings is 1. The fourth-order valence-electron chi connectivity index (χ4n) is 3.03. The van der Waals surface area contributed by atoms with Gasteiger partial charge in [-0.25, -0.2) is 0 Å². The zero-order chi connectivity index (χ0) is 15.2. The van der Waals surface area contributed by atoms with Crippen molar-refractivity contribution in [2.45, 2.75) is 18.8 Å². The van der Waals surface area contributed by atoms with Crippen LogP contribution in [0.5, 0.6) is 0 Å². The van der Waals surface area contributed by atoms with E-state index < -0.39 is 0 Å². The van der Waals surface area contributed by atoms with Crippen LogP contribution in [0.3, 0.4) is 0 Å². The molecule has 0 aliphatic carbocycles. The molecular weight excluding hydrogens is 417 g/mol. The summed E-state index contributed by atoms with van der Waals surface area (Å²) in [7, 11) is 1.88. The molecule has 1 aliphatic rings. The molecule has 1 unspecified atom stereocenters. The van der Waals surface area contributed by atoms with E-state index in [1.165, 1.54) is 16.9 Å². The smallest absolute Gasteiger partial charge is 0.193 e. The van der Waals surface area contributed by atoms with Crippen LogP contribution in [-0.4, -0.2) is 37.5 Å². The van der Waals surface area contributed by atoms with Crippen molar-refractivity contribution in [3.63, 3.8) is 0 Å². The summed E-state index contributed by atoms with van der Waals surface area (Å²) < 4.78 is 0. The lowest BCUT2D eigenvalue weighted by Gasteiger charge is -2.21. The summed E-state index contributed by atoms with van der Waals surface area (Å²) in [6.45, 7) is 3.08. The molecule has 1 fully saturated rings. The highest BCUT2D eigenvalue weighted by Crippen LogP contribution is 2.26. The quantitative estimate of drug-likeness (QED) is 0.442. The lowest BCUT2D eigenvalue weighted by atomic mass is 9.99. The molecule has 2 aromatic rings. The minimum atomic E-state index is 0. The Labute approximate surface area is 159 Å². The second-order valence-corrected chi connectivity index (χ2v) is 6.68. The monoisotopic (exact) mass is 441 g/mol. The predicted molar refractivity (Wildman–Crippen MR) is 110 cm³/mol. The van der Waals surface area contributed by atoms with Crippen molar-refractivity contribution in [3.05, 3.63) is 58.3 Å². The summed E-state index contributed by atoms with van der Waals surface area (Å²) in [5.41, 5.74) is 1.44. The van der Waals surface area contributed by atoms with Gasteiger partial charge in [-0.1, -0.05) is 36.4 Å². The van der Waals surface area contributed by atoms with Crippen LogP contribution in [0.2, 0.25) is 0 Å². The zero-order valence-corrected chi connectivity index (χ0v) is 16.6. The third kappa shape index (κ3) is 4.94. The zero-order valence-electron chi connectivity index (χ0n) is 13.4. The molecule has 23 heavy (non-hydrogen) atoms. The van der Waals surface area contributed by atoms with Gasteiger partial charge >= 0.3 is 0 Å². The Morgan fingerprint density at radius 2 is 2.09 bits per heavy atom. The van der Waals surface area contributed by atoms with Crippen LogP contribution < -0.4 is 5.32 Å². The SMILES string of the molecule is CN=C(NCCc1cccs1)N1CCC(c2ccccc2)C1.I. The van der Waals surface area contributed by atoms with Crippen LogP contribution in [0.1, 0.15) is 22.8 Å². The summed E-state index contributed by atoms with van der Waals surface area (Å²) in [6.07, 6.45) is 2.27. The first-order valence-electron chi connectivity index (χ1n) is 7.90. The van der Waals surface area contributed by atoms with E-state index in [-0.39, 0.29) is 24.0 Å². The molecule has 1 saturated heterocycles. The molecular formula is C18H24IN3S. The van der Waals surface area contributed by atoms with Gasteiger partial charge in [-0.2, -0.15) is 0 Å². The maximum atomic E-state index is 4.45. The fourth-order valence-corrected chi connectivity index (χ4v) is 3.74. The second kappa shape index (κ2) is 9.27. The fraction of sp³-hybridized carbons (Fsp3) is 0.389. The molecule has 2 heterocycles. The number of hydrogen-bond donors (Lipinski definition) is 1. The van der Waals surface area contributed by atoms with Crippen molar-refractivity contribution in [3.8, 4) is 0 Å². The number of nitrogens with one attached hydrogen (secondary N) is 1. The average molecular weight is 441 g/mol. The number of benzene rings is 1. The highest BCUT2D eigenvalue weighted by atomic mass is 127. The van der Waals surface area contributed by atoms with Crippen LogP contribution in [0, 0.1) is 0 Å². The lowest BCUT2D eigenvalue weighted by molar-refractivity contribution is 0.486.